The lowest BCUT2D eigenvalue weighted by Crippen LogP contribution is -2.56. The standard InChI is InChI=1S/C22H27NO5S/c1-27-21(24)22(17-28-29(2,25)26)13-20(14-22)23(15-18-9-5-3-6-10-18)16-19-11-7-4-8-12-19/h3-12,20H,13-17H2,1-2H3. The minimum absolute atomic E-state index is 0.123. The summed E-state index contributed by atoms with van der Waals surface area (Å²) in [6.45, 7) is 1.30. The zero-order chi connectivity index (χ0) is 20.9. The first kappa shape index (κ1) is 21.5. The van der Waals surface area contributed by atoms with E-state index in [4.69, 9.17) is 8.92 Å². The molecule has 0 N–H and O–H groups in total. The van der Waals surface area contributed by atoms with Crippen LogP contribution in [-0.2, 0) is 36.9 Å². The van der Waals surface area contributed by atoms with Gasteiger partial charge in [0.25, 0.3) is 10.1 Å². The van der Waals surface area contributed by atoms with E-state index in [2.05, 4.69) is 29.2 Å². The highest BCUT2D eigenvalue weighted by atomic mass is 32.2. The molecule has 2 aromatic carbocycles. The number of carbonyl (C=O) groups is 1. The van der Waals surface area contributed by atoms with Crippen LogP contribution in [0.1, 0.15) is 24.0 Å². The average molecular weight is 418 g/mol. The second-order valence-electron chi connectivity index (χ2n) is 7.68. The molecule has 0 aliphatic heterocycles. The summed E-state index contributed by atoms with van der Waals surface area (Å²) in [5, 5.41) is 0. The summed E-state index contributed by atoms with van der Waals surface area (Å²) in [7, 11) is -2.31. The molecule has 0 radical (unpaired) electrons. The van der Waals surface area contributed by atoms with Gasteiger partial charge in [-0.3, -0.25) is 13.9 Å². The van der Waals surface area contributed by atoms with E-state index < -0.39 is 21.5 Å². The van der Waals surface area contributed by atoms with E-state index in [0.717, 1.165) is 19.3 Å². The highest BCUT2D eigenvalue weighted by Gasteiger charge is 2.53. The minimum atomic E-state index is -3.63. The normalized spacial score (nSPS) is 21.6. The van der Waals surface area contributed by atoms with Crippen LogP contribution in [0.4, 0.5) is 0 Å². The Hall–Kier alpha value is -2.22. The molecule has 1 aliphatic carbocycles. The van der Waals surface area contributed by atoms with Crippen molar-refractivity contribution in [3.63, 3.8) is 0 Å². The third-order valence-electron chi connectivity index (χ3n) is 5.39. The predicted octanol–water partition coefficient (Wildman–Crippen LogP) is 2.99. The van der Waals surface area contributed by atoms with Crippen molar-refractivity contribution in [1.82, 2.24) is 4.90 Å². The molecular weight excluding hydrogens is 390 g/mol. The Bertz CT molecular complexity index is 867. The van der Waals surface area contributed by atoms with Crippen LogP contribution in [0.5, 0.6) is 0 Å². The number of nitrogens with zero attached hydrogens (tertiary/aromatic N) is 1. The van der Waals surface area contributed by atoms with Gasteiger partial charge in [0.2, 0.25) is 0 Å². The van der Waals surface area contributed by atoms with Gasteiger partial charge in [0.05, 0.1) is 25.4 Å². The number of ether oxygens (including phenoxy) is 1. The predicted molar refractivity (Wildman–Crippen MR) is 110 cm³/mol. The Morgan fingerprint density at radius 1 is 1.00 bits per heavy atom. The average Bonchev–Trinajstić information content (AvgIpc) is 2.67. The quantitative estimate of drug-likeness (QED) is 0.461. The molecular formula is C22H27NO5S. The third-order valence-corrected chi connectivity index (χ3v) is 5.94. The highest BCUT2D eigenvalue weighted by molar-refractivity contribution is 7.85. The summed E-state index contributed by atoms with van der Waals surface area (Å²) in [5.74, 6) is -0.420. The fraction of sp³-hybridized carbons (Fsp3) is 0.409. The lowest BCUT2D eigenvalue weighted by atomic mass is 9.65. The Balaban J connectivity index is 1.76. The van der Waals surface area contributed by atoms with Crippen molar-refractivity contribution >= 4 is 16.1 Å². The van der Waals surface area contributed by atoms with Crippen LogP contribution in [0.15, 0.2) is 60.7 Å². The fourth-order valence-electron chi connectivity index (χ4n) is 3.83. The minimum Gasteiger partial charge on any atom is -0.469 e. The second kappa shape index (κ2) is 9.07. The maximum atomic E-state index is 12.4. The molecule has 0 atom stereocenters. The lowest BCUT2D eigenvalue weighted by molar-refractivity contribution is -0.167. The largest absolute Gasteiger partial charge is 0.469 e. The van der Waals surface area contributed by atoms with E-state index in [9.17, 15) is 13.2 Å². The molecule has 1 aliphatic rings. The van der Waals surface area contributed by atoms with E-state index in [1.54, 1.807) is 0 Å². The van der Waals surface area contributed by atoms with E-state index in [-0.39, 0.29) is 12.6 Å². The molecule has 0 bridgehead atoms. The molecule has 0 amide bonds. The van der Waals surface area contributed by atoms with Crippen molar-refractivity contribution in [3.8, 4) is 0 Å². The van der Waals surface area contributed by atoms with Crippen LogP contribution in [0, 0.1) is 5.41 Å². The van der Waals surface area contributed by atoms with Crippen LogP contribution < -0.4 is 0 Å². The summed E-state index contributed by atoms with van der Waals surface area (Å²) >= 11 is 0. The van der Waals surface area contributed by atoms with Gasteiger partial charge in [0.1, 0.15) is 0 Å². The van der Waals surface area contributed by atoms with Crippen LogP contribution in [-0.4, -0.2) is 45.3 Å². The number of benzene rings is 2. The number of carbonyl (C=O) groups excluding carboxylic acids is 1. The van der Waals surface area contributed by atoms with E-state index in [1.807, 2.05) is 36.4 Å². The molecule has 0 spiro atoms. The van der Waals surface area contributed by atoms with Crippen LogP contribution in [0.2, 0.25) is 0 Å². The Morgan fingerprint density at radius 2 is 1.48 bits per heavy atom. The number of esters is 1. The van der Waals surface area contributed by atoms with Crippen molar-refractivity contribution in [2.45, 2.75) is 32.0 Å². The Labute approximate surface area is 172 Å². The topological polar surface area (TPSA) is 72.9 Å². The van der Waals surface area contributed by atoms with Gasteiger partial charge in [-0.25, -0.2) is 0 Å². The second-order valence-corrected chi connectivity index (χ2v) is 9.32. The van der Waals surface area contributed by atoms with E-state index in [1.165, 1.54) is 18.2 Å². The lowest BCUT2D eigenvalue weighted by Gasteiger charge is -2.49. The number of hydrogen-bond donors (Lipinski definition) is 0. The van der Waals surface area contributed by atoms with Crippen LogP contribution in [0.25, 0.3) is 0 Å². The van der Waals surface area contributed by atoms with E-state index >= 15 is 0 Å². The zero-order valence-corrected chi connectivity index (χ0v) is 17.6. The van der Waals surface area contributed by atoms with E-state index in [0.29, 0.717) is 12.8 Å². The van der Waals surface area contributed by atoms with Gasteiger partial charge < -0.3 is 4.74 Å². The third kappa shape index (κ3) is 5.65. The smallest absolute Gasteiger partial charge is 0.314 e. The molecule has 2 aromatic rings. The summed E-state index contributed by atoms with van der Waals surface area (Å²) < 4.78 is 32.8. The molecule has 1 fully saturated rings. The molecule has 0 heterocycles. The molecule has 3 rings (SSSR count). The molecule has 6 nitrogen and oxygen atoms in total. The monoisotopic (exact) mass is 417 g/mol. The van der Waals surface area contributed by atoms with Gasteiger partial charge in [0.15, 0.2) is 0 Å². The first-order chi connectivity index (χ1) is 13.8. The van der Waals surface area contributed by atoms with Gasteiger partial charge in [0, 0.05) is 19.1 Å². The van der Waals surface area contributed by atoms with Crippen molar-refractivity contribution < 1.29 is 22.1 Å². The van der Waals surface area contributed by atoms with Crippen molar-refractivity contribution in [2.24, 2.45) is 5.41 Å². The first-order valence-electron chi connectivity index (χ1n) is 9.56. The zero-order valence-electron chi connectivity index (χ0n) is 16.8. The van der Waals surface area contributed by atoms with Crippen LogP contribution in [0.3, 0.4) is 0 Å². The molecule has 0 aromatic heterocycles. The fourth-order valence-corrected chi connectivity index (χ4v) is 4.27. The molecule has 7 heteroatoms. The SMILES string of the molecule is COC(=O)C1(COS(C)(=O)=O)CC(N(Cc2ccccc2)Cc2ccccc2)C1. The maximum absolute atomic E-state index is 12.4. The summed E-state index contributed by atoms with van der Waals surface area (Å²) in [4.78, 5) is 14.7. The Kier molecular flexibility index (Phi) is 6.72. The van der Waals surface area contributed by atoms with Gasteiger partial charge in [-0.1, -0.05) is 60.7 Å². The Morgan fingerprint density at radius 3 is 1.90 bits per heavy atom. The number of rotatable bonds is 9. The van der Waals surface area contributed by atoms with Crippen LogP contribution >= 0.6 is 0 Å². The van der Waals surface area contributed by atoms with Crippen molar-refractivity contribution in [2.75, 3.05) is 20.0 Å². The van der Waals surface area contributed by atoms with Crippen molar-refractivity contribution in [1.29, 1.82) is 0 Å². The van der Waals surface area contributed by atoms with Gasteiger partial charge in [-0.2, -0.15) is 8.42 Å². The van der Waals surface area contributed by atoms with Crippen molar-refractivity contribution in [3.05, 3.63) is 71.8 Å². The van der Waals surface area contributed by atoms with Gasteiger partial charge in [-0.15, -0.1) is 0 Å². The maximum Gasteiger partial charge on any atom is 0.314 e. The molecule has 0 unspecified atom stereocenters. The van der Waals surface area contributed by atoms with Gasteiger partial charge >= 0.3 is 5.97 Å². The molecule has 1 saturated carbocycles. The first-order valence-corrected chi connectivity index (χ1v) is 11.4. The number of methoxy groups -OCH3 is 1. The van der Waals surface area contributed by atoms with Gasteiger partial charge in [-0.05, 0) is 24.0 Å². The molecule has 29 heavy (non-hydrogen) atoms. The summed E-state index contributed by atoms with van der Waals surface area (Å²) in [6.07, 6.45) is 1.98. The highest BCUT2D eigenvalue weighted by Crippen LogP contribution is 2.46. The molecule has 0 saturated heterocycles. The molecule has 156 valence electrons. The summed E-state index contributed by atoms with van der Waals surface area (Å²) in [6, 6.07) is 20.5. The number of hydrogen-bond acceptors (Lipinski definition) is 6. The summed E-state index contributed by atoms with van der Waals surface area (Å²) in [5.41, 5.74) is 1.45.